The van der Waals surface area contributed by atoms with Crippen molar-refractivity contribution >= 4 is 11.0 Å². The lowest BCUT2D eigenvalue weighted by Crippen LogP contribution is -2.57. The zero-order valence-electron chi connectivity index (χ0n) is 8.80. The van der Waals surface area contributed by atoms with Crippen molar-refractivity contribution in [1.82, 2.24) is 10.0 Å². The number of nitrogens with one attached hydrogen (secondary N) is 2. The van der Waals surface area contributed by atoms with Gasteiger partial charge in [0.1, 0.15) is 0 Å². The zero-order chi connectivity index (χ0) is 9.47. The molecule has 0 aromatic heterocycles. The van der Waals surface area contributed by atoms with Gasteiger partial charge in [0.25, 0.3) is 0 Å². The standard InChI is InChI=1S/C9H18N2OS.H2O/c1-10-7-3-9(4-7)5-8(6-9)13(12)11-2;/h7-8,10-11H,3-6H2,1-2H3;1H2. The van der Waals surface area contributed by atoms with E-state index in [1.165, 1.54) is 25.7 Å². The Bertz CT molecular complexity index is 221. The lowest BCUT2D eigenvalue weighted by atomic mass is 9.54. The largest absolute Gasteiger partial charge is 0.412 e. The minimum Gasteiger partial charge on any atom is -0.412 e. The van der Waals surface area contributed by atoms with Crippen LogP contribution in [0.3, 0.4) is 0 Å². The third-order valence-electron chi connectivity index (χ3n) is 3.59. The molecule has 0 amide bonds. The van der Waals surface area contributed by atoms with Crippen molar-refractivity contribution in [2.75, 3.05) is 14.1 Å². The van der Waals surface area contributed by atoms with Crippen LogP contribution in [0.15, 0.2) is 0 Å². The van der Waals surface area contributed by atoms with Gasteiger partial charge >= 0.3 is 0 Å². The van der Waals surface area contributed by atoms with Crippen LogP contribution >= 0.6 is 0 Å². The molecule has 1 atom stereocenters. The summed E-state index contributed by atoms with van der Waals surface area (Å²) in [6.07, 6.45) is 4.92. The lowest BCUT2D eigenvalue weighted by Gasteiger charge is -2.57. The molecule has 0 heterocycles. The summed E-state index contributed by atoms with van der Waals surface area (Å²) >= 11 is 0. The fourth-order valence-corrected chi connectivity index (χ4v) is 4.09. The quantitative estimate of drug-likeness (QED) is 0.678. The molecule has 2 fully saturated rings. The summed E-state index contributed by atoms with van der Waals surface area (Å²) in [7, 11) is 3.02. The van der Waals surface area contributed by atoms with Gasteiger partial charge < -0.3 is 10.8 Å². The summed E-state index contributed by atoms with van der Waals surface area (Å²) in [5.74, 6) is 0. The third kappa shape index (κ3) is 1.86. The maximum Gasteiger partial charge on any atom is 0.0944 e. The van der Waals surface area contributed by atoms with E-state index in [4.69, 9.17) is 0 Å². The predicted octanol–water partition coefficient (Wildman–Crippen LogP) is -0.425. The Morgan fingerprint density at radius 2 is 1.79 bits per heavy atom. The van der Waals surface area contributed by atoms with Crippen molar-refractivity contribution in [2.24, 2.45) is 5.41 Å². The first kappa shape index (κ1) is 12.1. The zero-order valence-corrected chi connectivity index (χ0v) is 9.62. The maximum absolute atomic E-state index is 11.4. The fourth-order valence-electron chi connectivity index (χ4n) is 2.75. The molecule has 2 aliphatic carbocycles. The molecular formula is C9H20N2O2S. The molecule has 4 N–H and O–H groups in total. The average Bonchev–Trinajstić information content (AvgIpc) is 1.99. The first-order valence-electron chi connectivity index (χ1n) is 4.94. The van der Waals surface area contributed by atoms with Gasteiger partial charge in [0.2, 0.25) is 0 Å². The molecule has 0 radical (unpaired) electrons. The van der Waals surface area contributed by atoms with E-state index in [0.717, 1.165) is 6.04 Å². The molecule has 0 bridgehead atoms. The molecule has 2 saturated carbocycles. The summed E-state index contributed by atoms with van der Waals surface area (Å²) in [4.78, 5) is 0. The van der Waals surface area contributed by atoms with Crippen LogP contribution in [0.1, 0.15) is 25.7 Å². The first-order valence-corrected chi connectivity index (χ1v) is 6.16. The Balaban J connectivity index is 0.000000980. The van der Waals surface area contributed by atoms with Crippen molar-refractivity contribution in [1.29, 1.82) is 0 Å². The van der Waals surface area contributed by atoms with Crippen LogP contribution < -0.4 is 10.0 Å². The average molecular weight is 220 g/mol. The molecular weight excluding hydrogens is 200 g/mol. The SMILES string of the molecule is CNC1CC2(C1)CC(S(=O)NC)C2.O. The van der Waals surface area contributed by atoms with E-state index >= 15 is 0 Å². The smallest absolute Gasteiger partial charge is 0.0944 e. The Morgan fingerprint density at radius 3 is 2.21 bits per heavy atom. The van der Waals surface area contributed by atoms with E-state index in [2.05, 4.69) is 10.0 Å². The normalized spacial score (nSPS) is 42.1. The van der Waals surface area contributed by atoms with E-state index in [-0.39, 0.29) is 5.48 Å². The Labute approximate surface area is 87.7 Å². The van der Waals surface area contributed by atoms with Crippen molar-refractivity contribution in [3.8, 4) is 0 Å². The fraction of sp³-hybridized carbons (Fsp3) is 1.00. The summed E-state index contributed by atoms with van der Waals surface area (Å²) in [6, 6.07) is 0.726. The van der Waals surface area contributed by atoms with Gasteiger partial charge in [-0.1, -0.05) is 0 Å². The van der Waals surface area contributed by atoms with E-state index in [0.29, 0.717) is 10.7 Å². The van der Waals surface area contributed by atoms with Gasteiger partial charge in [-0.2, -0.15) is 0 Å². The summed E-state index contributed by atoms with van der Waals surface area (Å²) in [5.41, 5.74) is 0.574. The second kappa shape index (κ2) is 4.26. The molecule has 0 saturated heterocycles. The van der Waals surface area contributed by atoms with Gasteiger partial charge in [0, 0.05) is 6.04 Å². The molecule has 4 nitrogen and oxygen atoms in total. The van der Waals surface area contributed by atoms with Gasteiger partial charge in [-0.3, -0.25) is 0 Å². The van der Waals surface area contributed by atoms with Crippen molar-refractivity contribution in [3.05, 3.63) is 0 Å². The summed E-state index contributed by atoms with van der Waals surface area (Å²) in [5, 5.41) is 3.71. The molecule has 5 heteroatoms. The van der Waals surface area contributed by atoms with Crippen LogP contribution in [0.4, 0.5) is 0 Å². The minimum absolute atomic E-state index is 0. The molecule has 1 unspecified atom stereocenters. The highest BCUT2D eigenvalue weighted by Gasteiger charge is 2.53. The molecule has 2 rings (SSSR count). The molecule has 84 valence electrons. The highest BCUT2D eigenvalue weighted by atomic mass is 32.2. The van der Waals surface area contributed by atoms with Crippen LogP contribution in [0, 0.1) is 5.41 Å². The molecule has 2 aliphatic rings. The second-order valence-electron chi connectivity index (χ2n) is 4.43. The maximum atomic E-state index is 11.4. The second-order valence-corrected chi connectivity index (χ2v) is 6.10. The number of hydrogen-bond donors (Lipinski definition) is 2. The molecule has 0 aliphatic heterocycles. The van der Waals surface area contributed by atoms with Crippen LogP contribution in [0.5, 0.6) is 0 Å². The predicted molar refractivity (Wildman–Crippen MR) is 58.4 cm³/mol. The van der Waals surface area contributed by atoms with Crippen LogP contribution in [0.25, 0.3) is 0 Å². The summed E-state index contributed by atoms with van der Waals surface area (Å²) < 4.78 is 14.2. The van der Waals surface area contributed by atoms with Gasteiger partial charge in [-0.15, -0.1) is 0 Å². The summed E-state index contributed by atoms with van der Waals surface area (Å²) in [6.45, 7) is 0. The van der Waals surface area contributed by atoms with Gasteiger partial charge in [0.15, 0.2) is 0 Å². The van der Waals surface area contributed by atoms with Gasteiger partial charge in [-0.25, -0.2) is 8.93 Å². The molecule has 0 aromatic carbocycles. The topological polar surface area (TPSA) is 72.6 Å². The Hall–Kier alpha value is 0.0300. The number of hydrogen-bond acceptors (Lipinski definition) is 2. The molecule has 0 aromatic rings. The third-order valence-corrected chi connectivity index (χ3v) is 4.93. The minimum atomic E-state index is -0.783. The highest BCUT2D eigenvalue weighted by Crippen LogP contribution is 2.56. The lowest BCUT2D eigenvalue weighted by molar-refractivity contribution is 0.00522. The van der Waals surface area contributed by atoms with E-state index in [9.17, 15) is 4.21 Å². The Kier molecular flexibility index (Phi) is 3.69. The van der Waals surface area contributed by atoms with Crippen molar-refractivity contribution in [2.45, 2.75) is 37.0 Å². The molecule has 14 heavy (non-hydrogen) atoms. The van der Waals surface area contributed by atoms with Crippen molar-refractivity contribution in [3.63, 3.8) is 0 Å². The van der Waals surface area contributed by atoms with Gasteiger partial charge in [-0.05, 0) is 45.2 Å². The molecule has 1 spiro atoms. The van der Waals surface area contributed by atoms with Gasteiger partial charge in [0.05, 0.1) is 16.2 Å². The Morgan fingerprint density at radius 1 is 1.21 bits per heavy atom. The van der Waals surface area contributed by atoms with E-state index < -0.39 is 11.0 Å². The highest BCUT2D eigenvalue weighted by molar-refractivity contribution is 7.83. The van der Waals surface area contributed by atoms with E-state index in [1.54, 1.807) is 7.05 Å². The van der Waals surface area contributed by atoms with E-state index in [1.807, 2.05) is 7.05 Å². The first-order chi connectivity index (χ1) is 6.19. The van der Waals surface area contributed by atoms with Crippen molar-refractivity contribution < 1.29 is 9.69 Å². The van der Waals surface area contributed by atoms with Crippen LogP contribution in [0.2, 0.25) is 0 Å². The van der Waals surface area contributed by atoms with Crippen LogP contribution in [-0.2, 0) is 11.0 Å². The monoisotopic (exact) mass is 220 g/mol. The van der Waals surface area contributed by atoms with Crippen LogP contribution in [-0.4, -0.2) is 35.1 Å². The number of rotatable bonds is 3.